The summed E-state index contributed by atoms with van der Waals surface area (Å²) < 4.78 is 17.8. The largest absolute Gasteiger partial charge is 0.455 e. The van der Waals surface area contributed by atoms with Crippen molar-refractivity contribution in [3.63, 3.8) is 0 Å². The Bertz CT molecular complexity index is 499. The molecule has 1 heterocycles. The van der Waals surface area contributed by atoms with Gasteiger partial charge < -0.3 is 9.64 Å². The van der Waals surface area contributed by atoms with Gasteiger partial charge in [-0.2, -0.15) is 0 Å². The van der Waals surface area contributed by atoms with Gasteiger partial charge in [0.05, 0.1) is 5.75 Å². The van der Waals surface area contributed by atoms with E-state index in [1.807, 2.05) is 0 Å². The van der Waals surface area contributed by atoms with Gasteiger partial charge in [0.25, 0.3) is 5.91 Å². The number of hydrogen-bond acceptors (Lipinski definition) is 4. The standard InChI is InChI=1S/C16H20FNO3S/c17-13-5-7-14(8-6-13)22-12-16(20)21-11-15(19)18-9-3-1-2-4-10-18/h5-8H,1-4,9-12H2. The molecule has 22 heavy (non-hydrogen) atoms. The molecule has 0 aromatic heterocycles. The Labute approximate surface area is 134 Å². The van der Waals surface area contributed by atoms with Crippen LogP contribution in [-0.4, -0.2) is 42.2 Å². The van der Waals surface area contributed by atoms with Gasteiger partial charge in [0.2, 0.25) is 0 Å². The van der Waals surface area contributed by atoms with Crippen molar-refractivity contribution in [2.75, 3.05) is 25.4 Å². The number of nitrogens with zero attached hydrogens (tertiary/aromatic N) is 1. The zero-order valence-electron chi connectivity index (χ0n) is 12.4. The minimum atomic E-state index is -0.433. The summed E-state index contributed by atoms with van der Waals surface area (Å²) in [4.78, 5) is 26.2. The number of ether oxygens (including phenoxy) is 1. The molecule has 0 unspecified atom stereocenters. The second kappa shape index (κ2) is 8.78. The Hall–Kier alpha value is -1.56. The molecule has 0 spiro atoms. The second-order valence-electron chi connectivity index (χ2n) is 5.20. The number of hydrogen-bond donors (Lipinski definition) is 0. The van der Waals surface area contributed by atoms with E-state index in [-0.39, 0.29) is 24.1 Å². The molecule has 120 valence electrons. The first-order valence-electron chi connectivity index (χ1n) is 7.47. The summed E-state index contributed by atoms with van der Waals surface area (Å²) in [5, 5.41) is 0. The third kappa shape index (κ3) is 5.67. The maximum absolute atomic E-state index is 12.8. The summed E-state index contributed by atoms with van der Waals surface area (Å²) in [5.74, 6) is -0.756. The highest BCUT2D eigenvalue weighted by molar-refractivity contribution is 8.00. The van der Waals surface area contributed by atoms with E-state index in [1.54, 1.807) is 17.0 Å². The van der Waals surface area contributed by atoms with Gasteiger partial charge in [-0.1, -0.05) is 12.8 Å². The molecule has 0 radical (unpaired) electrons. The molecule has 0 aliphatic carbocycles. The highest BCUT2D eigenvalue weighted by Gasteiger charge is 2.17. The van der Waals surface area contributed by atoms with Crippen molar-refractivity contribution in [2.24, 2.45) is 0 Å². The number of rotatable bonds is 5. The van der Waals surface area contributed by atoms with E-state index in [4.69, 9.17) is 4.74 Å². The second-order valence-corrected chi connectivity index (χ2v) is 6.25. The highest BCUT2D eigenvalue weighted by atomic mass is 32.2. The predicted molar refractivity (Wildman–Crippen MR) is 83.1 cm³/mol. The Morgan fingerprint density at radius 1 is 1.09 bits per heavy atom. The minimum absolute atomic E-state index is 0.110. The topological polar surface area (TPSA) is 46.6 Å². The van der Waals surface area contributed by atoms with Crippen molar-refractivity contribution in [1.82, 2.24) is 4.90 Å². The number of esters is 1. The van der Waals surface area contributed by atoms with E-state index in [2.05, 4.69) is 0 Å². The molecule has 0 N–H and O–H groups in total. The molecule has 0 bridgehead atoms. The number of amides is 1. The maximum Gasteiger partial charge on any atom is 0.316 e. The fourth-order valence-electron chi connectivity index (χ4n) is 2.27. The lowest BCUT2D eigenvalue weighted by molar-refractivity contribution is -0.149. The lowest BCUT2D eigenvalue weighted by Gasteiger charge is -2.19. The van der Waals surface area contributed by atoms with Crippen LogP contribution in [-0.2, 0) is 14.3 Å². The van der Waals surface area contributed by atoms with Crippen LogP contribution in [0.1, 0.15) is 25.7 Å². The SMILES string of the molecule is O=C(CSc1ccc(F)cc1)OCC(=O)N1CCCCCC1. The lowest BCUT2D eigenvalue weighted by Crippen LogP contribution is -2.35. The fraction of sp³-hybridized carbons (Fsp3) is 0.500. The molecule has 1 aliphatic rings. The van der Waals surface area contributed by atoms with Crippen LogP contribution in [0.5, 0.6) is 0 Å². The average Bonchev–Trinajstić information content (AvgIpc) is 2.81. The summed E-state index contributed by atoms with van der Waals surface area (Å²) in [6.45, 7) is 1.31. The summed E-state index contributed by atoms with van der Waals surface area (Å²) in [7, 11) is 0. The molecule has 0 atom stereocenters. The van der Waals surface area contributed by atoms with Crippen LogP contribution in [0.25, 0.3) is 0 Å². The van der Waals surface area contributed by atoms with E-state index in [9.17, 15) is 14.0 Å². The molecular formula is C16H20FNO3S. The zero-order valence-corrected chi connectivity index (χ0v) is 13.2. The number of thioether (sulfide) groups is 1. The Kier molecular flexibility index (Phi) is 6.71. The number of benzene rings is 1. The number of halogens is 1. The smallest absolute Gasteiger partial charge is 0.316 e. The van der Waals surface area contributed by atoms with Gasteiger partial charge >= 0.3 is 5.97 Å². The summed E-state index contributed by atoms with van der Waals surface area (Å²) in [6.07, 6.45) is 4.33. The van der Waals surface area contributed by atoms with Crippen molar-refractivity contribution in [1.29, 1.82) is 0 Å². The number of carbonyl (C=O) groups excluding carboxylic acids is 2. The normalized spacial score (nSPS) is 15.2. The van der Waals surface area contributed by atoms with Crippen LogP contribution in [0.15, 0.2) is 29.2 Å². The first-order valence-corrected chi connectivity index (χ1v) is 8.45. The molecule has 1 aliphatic heterocycles. The monoisotopic (exact) mass is 325 g/mol. The van der Waals surface area contributed by atoms with Crippen molar-refractivity contribution < 1.29 is 18.7 Å². The molecule has 4 nitrogen and oxygen atoms in total. The fourth-order valence-corrected chi connectivity index (χ4v) is 2.96. The number of carbonyl (C=O) groups is 2. The van der Waals surface area contributed by atoms with Gasteiger partial charge in [0.1, 0.15) is 5.82 Å². The van der Waals surface area contributed by atoms with E-state index in [0.717, 1.165) is 43.7 Å². The Morgan fingerprint density at radius 2 is 1.73 bits per heavy atom. The van der Waals surface area contributed by atoms with Crippen LogP contribution in [0.4, 0.5) is 4.39 Å². The summed E-state index contributed by atoms with van der Waals surface area (Å²) in [6, 6.07) is 5.90. The zero-order chi connectivity index (χ0) is 15.8. The molecule has 2 rings (SSSR count). The first kappa shape index (κ1) is 16.8. The molecule has 6 heteroatoms. The third-order valence-electron chi connectivity index (χ3n) is 3.49. The van der Waals surface area contributed by atoms with Gasteiger partial charge in [-0.15, -0.1) is 11.8 Å². The third-order valence-corrected chi connectivity index (χ3v) is 4.47. The van der Waals surface area contributed by atoms with E-state index >= 15 is 0 Å². The number of likely N-dealkylation sites (tertiary alicyclic amines) is 1. The van der Waals surface area contributed by atoms with Crippen LogP contribution < -0.4 is 0 Å². The molecule has 1 fully saturated rings. The van der Waals surface area contributed by atoms with Crippen LogP contribution in [0.3, 0.4) is 0 Å². The average molecular weight is 325 g/mol. The van der Waals surface area contributed by atoms with Crippen molar-refractivity contribution in [3.8, 4) is 0 Å². The van der Waals surface area contributed by atoms with Crippen LogP contribution in [0.2, 0.25) is 0 Å². The van der Waals surface area contributed by atoms with Gasteiger partial charge in [-0.3, -0.25) is 9.59 Å². The van der Waals surface area contributed by atoms with Crippen molar-refractivity contribution in [2.45, 2.75) is 30.6 Å². The predicted octanol–water partition coefficient (Wildman–Crippen LogP) is 2.86. The van der Waals surface area contributed by atoms with Gasteiger partial charge in [0, 0.05) is 18.0 Å². The van der Waals surface area contributed by atoms with Crippen molar-refractivity contribution >= 4 is 23.6 Å². The summed E-state index contributed by atoms with van der Waals surface area (Å²) in [5.41, 5.74) is 0. The van der Waals surface area contributed by atoms with Gasteiger partial charge in [-0.05, 0) is 37.1 Å². The lowest BCUT2D eigenvalue weighted by atomic mass is 10.2. The molecule has 1 aromatic carbocycles. The Morgan fingerprint density at radius 3 is 2.36 bits per heavy atom. The first-order chi connectivity index (χ1) is 10.6. The Balaban J connectivity index is 1.68. The van der Waals surface area contributed by atoms with Gasteiger partial charge in [0.15, 0.2) is 6.61 Å². The molecule has 1 amide bonds. The van der Waals surface area contributed by atoms with E-state index in [0.29, 0.717) is 0 Å². The quantitative estimate of drug-likeness (QED) is 0.617. The molecule has 0 saturated carbocycles. The molecular weight excluding hydrogens is 305 g/mol. The van der Waals surface area contributed by atoms with Crippen LogP contribution in [0, 0.1) is 5.82 Å². The highest BCUT2D eigenvalue weighted by Crippen LogP contribution is 2.18. The maximum atomic E-state index is 12.8. The van der Waals surface area contributed by atoms with E-state index < -0.39 is 5.97 Å². The molecule has 1 saturated heterocycles. The molecule has 1 aromatic rings. The van der Waals surface area contributed by atoms with Crippen LogP contribution >= 0.6 is 11.8 Å². The summed E-state index contributed by atoms with van der Waals surface area (Å²) >= 11 is 1.26. The van der Waals surface area contributed by atoms with E-state index in [1.165, 1.54) is 23.9 Å². The van der Waals surface area contributed by atoms with Gasteiger partial charge in [-0.25, -0.2) is 4.39 Å². The van der Waals surface area contributed by atoms with Crippen molar-refractivity contribution in [3.05, 3.63) is 30.1 Å². The minimum Gasteiger partial charge on any atom is -0.455 e.